The van der Waals surface area contributed by atoms with Crippen LogP contribution in [0.1, 0.15) is 18.7 Å². The Morgan fingerprint density at radius 3 is 2.61 bits per heavy atom. The number of thiophene rings is 1. The number of likely N-dealkylation sites (N-methyl/N-ethyl adjacent to an activating group) is 1. The van der Waals surface area contributed by atoms with E-state index in [4.69, 9.17) is 18.0 Å². The molecule has 0 fully saturated rings. The number of nitrogens with zero attached hydrogens (tertiary/aromatic N) is 1. The minimum atomic E-state index is -3.47. The van der Waals surface area contributed by atoms with E-state index in [9.17, 15) is 8.42 Å². The second kappa shape index (κ2) is 6.10. The molecule has 18 heavy (non-hydrogen) atoms. The molecule has 0 aliphatic rings. The van der Waals surface area contributed by atoms with E-state index in [0.29, 0.717) is 6.42 Å². The van der Waals surface area contributed by atoms with Crippen LogP contribution in [0.5, 0.6) is 0 Å². The summed E-state index contributed by atoms with van der Waals surface area (Å²) in [6.07, 6.45) is 0.692. The summed E-state index contributed by atoms with van der Waals surface area (Å²) in [4.78, 5) is 1.16. The molecular weight excluding hydrogens is 288 g/mol. The monoisotopic (exact) mass is 306 g/mol. The maximum Gasteiger partial charge on any atom is 0.223 e. The summed E-state index contributed by atoms with van der Waals surface area (Å²) in [7, 11) is -1.90. The lowest BCUT2D eigenvalue weighted by molar-refractivity contribution is 0.387. The summed E-state index contributed by atoms with van der Waals surface area (Å²) < 4.78 is 25.8. The van der Waals surface area contributed by atoms with Crippen molar-refractivity contribution in [3.05, 3.63) is 22.4 Å². The minimum Gasteiger partial charge on any atom is -0.392 e. The molecular formula is C11H18N2O2S3. The predicted octanol–water partition coefficient (Wildman–Crippen LogP) is 1.62. The normalized spacial score (nSPS) is 15.6. The van der Waals surface area contributed by atoms with Gasteiger partial charge in [0.25, 0.3) is 0 Å². The molecule has 1 aromatic heterocycles. The highest BCUT2D eigenvalue weighted by atomic mass is 32.2. The third-order valence-electron chi connectivity index (χ3n) is 2.95. The molecule has 0 spiro atoms. The van der Waals surface area contributed by atoms with E-state index in [1.807, 2.05) is 24.4 Å². The maximum absolute atomic E-state index is 12.2. The summed E-state index contributed by atoms with van der Waals surface area (Å²) in [6, 6.07) is 3.84. The van der Waals surface area contributed by atoms with Crippen molar-refractivity contribution in [1.82, 2.24) is 4.31 Å². The average Bonchev–Trinajstić information content (AvgIpc) is 2.79. The second-order valence-electron chi connectivity index (χ2n) is 4.24. The molecule has 1 rings (SSSR count). The van der Waals surface area contributed by atoms with Crippen LogP contribution in [0.4, 0.5) is 0 Å². The first-order valence-electron chi connectivity index (χ1n) is 5.55. The van der Waals surface area contributed by atoms with E-state index in [-0.39, 0.29) is 11.0 Å². The van der Waals surface area contributed by atoms with E-state index in [1.165, 1.54) is 11.2 Å². The Morgan fingerprint density at radius 2 is 2.17 bits per heavy atom. The molecule has 1 aromatic rings. The fourth-order valence-corrected chi connectivity index (χ4v) is 4.06. The first kappa shape index (κ1) is 15.6. The first-order valence-corrected chi connectivity index (χ1v) is 8.34. The Balaban J connectivity index is 2.80. The van der Waals surface area contributed by atoms with E-state index >= 15 is 0 Å². The van der Waals surface area contributed by atoms with Crippen LogP contribution in [0, 0.1) is 0 Å². The lowest BCUT2D eigenvalue weighted by atomic mass is 10.2. The molecule has 102 valence electrons. The van der Waals surface area contributed by atoms with Gasteiger partial charge in [0, 0.05) is 18.0 Å². The molecule has 2 N–H and O–H groups in total. The number of rotatable bonds is 6. The SMILES string of the molecule is CC(Cc1cccs1)N(C)S(=O)(=O)C(C)C(N)=S. The van der Waals surface area contributed by atoms with Crippen LogP contribution in [0.2, 0.25) is 0 Å². The molecule has 7 heteroatoms. The summed E-state index contributed by atoms with van der Waals surface area (Å²) in [5.41, 5.74) is 5.42. The van der Waals surface area contributed by atoms with Crippen molar-refractivity contribution in [2.45, 2.75) is 31.6 Å². The molecule has 2 atom stereocenters. The zero-order chi connectivity index (χ0) is 13.9. The minimum absolute atomic E-state index is 0.00479. The number of thiocarbonyl (C=S) groups is 1. The van der Waals surface area contributed by atoms with Crippen molar-refractivity contribution < 1.29 is 8.42 Å². The Hall–Kier alpha value is -0.500. The molecule has 0 radical (unpaired) electrons. The third kappa shape index (κ3) is 3.50. The highest BCUT2D eigenvalue weighted by molar-refractivity contribution is 7.92. The van der Waals surface area contributed by atoms with Crippen molar-refractivity contribution in [2.75, 3.05) is 7.05 Å². The quantitative estimate of drug-likeness (QED) is 0.811. The molecule has 1 heterocycles. The predicted molar refractivity (Wildman–Crippen MR) is 80.4 cm³/mol. The number of sulfonamides is 1. The van der Waals surface area contributed by atoms with Crippen molar-refractivity contribution in [3.8, 4) is 0 Å². The first-order chi connectivity index (χ1) is 8.26. The lowest BCUT2D eigenvalue weighted by Crippen LogP contribution is -2.45. The molecule has 0 bridgehead atoms. The van der Waals surface area contributed by atoms with E-state index in [0.717, 1.165) is 4.88 Å². The van der Waals surface area contributed by atoms with Gasteiger partial charge in [0.15, 0.2) is 0 Å². The van der Waals surface area contributed by atoms with Crippen LogP contribution in [-0.4, -0.2) is 36.1 Å². The van der Waals surface area contributed by atoms with E-state index in [1.54, 1.807) is 18.4 Å². The Bertz CT molecular complexity index is 496. The van der Waals surface area contributed by atoms with E-state index < -0.39 is 15.3 Å². The van der Waals surface area contributed by atoms with Crippen LogP contribution < -0.4 is 5.73 Å². The van der Waals surface area contributed by atoms with E-state index in [2.05, 4.69) is 0 Å². The fraction of sp³-hybridized carbons (Fsp3) is 0.545. The van der Waals surface area contributed by atoms with Crippen molar-refractivity contribution in [1.29, 1.82) is 0 Å². The fourth-order valence-electron chi connectivity index (χ4n) is 1.50. The molecule has 0 aliphatic carbocycles. The Labute approximate surface area is 118 Å². The van der Waals surface area contributed by atoms with Gasteiger partial charge in [-0.15, -0.1) is 11.3 Å². The Kier molecular flexibility index (Phi) is 5.27. The molecule has 0 amide bonds. The Morgan fingerprint density at radius 1 is 1.56 bits per heavy atom. The van der Waals surface area contributed by atoms with Crippen molar-refractivity contribution >= 4 is 38.6 Å². The molecule has 0 saturated heterocycles. The van der Waals surface area contributed by atoms with Crippen LogP contribution in [0.3, 0.4) is 0 Å². The summed E-state index contributed by atoms with van der Waals surface area (Å²) in [6.45, 7) is 3.40. The van der Waals surface area contributed by atoms with Crippen LogP contribution in [-0.2, 0) is 16.4 Å². The molecule has 0 aromatic carbocycles. The molecule has 4 nitrogen and oxygen atoms in total. The number of nitrogens with two attached hydrogens (primary N) is 1. The highest BCUT2D eigenvalue weighted by Crippen LogP contribution is 2.17. The number of hydrogen-bond donors (Lipinski definition) is 1. The van der Waals surface area contributed by atoms with Crippen molar-refractivity contribution in [3.63, 3.8) is 0 Å². The molecule has 0 aliphatic heterocycles. The zero-order valence-electron chi connectivity index (χ0n) is 10.7. The van der Waals surface area contributed by atoms with Crippen LogP contribution >= 0.6 is 23.6 Å². The maximum atomic E-state index is 12.2. The van der Waals surface area contributed by atoms with Gasteiger partial charge in [0.1, 0.15) is 5.25 Å². The van der Waals surface area contributed by atoms with Gasteiger partial charge < -0.3 is 5.73 Å². The van der Waals surface area contributed by atoms with Gasteiger partial charge in [0.2, 0.25) is 10.0 Å². The third-order valence-corrected chi connectivity index (χ3v) is 6.66. The lowest BCUT2D eigenvalue weighted by Gasteiger charge is -2.26. The highest BCUT2D eigenvalue weighted by Gasteiger charge is 2.31. The molecule has 2 unspecified atom stereocenters. The van der Waals surface area contributed by atoms with Gasteiger partial charge in [-0.3, -0.25) is 0 Å². The standard InChI is InChI=1S/C11H18N2O2S3/c1-8(7-10-5-4-6-17-10)13(3)18(14,15)9(2)11(12)16/h4-6,8-9H,7H2,1-3H3,(H2,12,16). The summed E-state index contributed by atoms with van der Waals surface area (Å²) in [5.74, 6) is 0. The summed E-state index contributed by atoms with van der Waals surface area (Å²) in [5, 5.41) is 1.15. The number of hydrogen-bond acceptors (Lipinski definition) is 4. The smallest absolute Gasteiger partial charge is 0.223 e. The van der Waals surface area contributed by atoms with Gasteiger partial charge in [-0.25, -0.2) is 12.7 Å². The second-order valence-corrected chi connectivity index (χ2v) is 8.05. The van der Waals surface area contributed by atoms with Gasteiger partial charge in [-0.05, 0) is 31.7 Å². The molecule has 0 saturated carbocycles. The van der Waals surface area contributed by atoms with Gasteiger partial charge >= 0.3 is 0 Å². The van der Waals surface area contributed by atoms with Crippen LogP contribution in [0.15, 0.2) is 17.5 Å². The van der Waals surface area contributed by atoms with Gasteiger partial charge in [-0.2, -0.15) is 0 Å². The largest absolute Gasteiger partial charge is 0.392 e. The van der Waals surface area contributed by atoms with Gasteiger partial charge in [-0.1, -0.05) is 18.3 Å². The topological polar surface area (TPSA) is 63.4 Å². The van der Waals surface area contributed by atoms with Gasteiger partial charge in [0.05, 0.1) is 4.99 Å². The average molecular weight is 306 g/mol. The van der Waals surface area contributed by atoms with Crippen LogP contribution in [0.25, 0.3) is 0 Å². The summed E-state index contributed by atoms with van der Waals surface area (Å²) >= 11 is 6.38. The van der Waals surface area contributed by atoms with Crippen molar-refractivity contribution in [2.24, 2.45) is 5.73 Å². The zero-order valence-corrected chi connectivity index (χ0v) is 13.1.